The third-order valence-corrected chi connectivity index (χ3v) is 3.07. The van der Waals surface area contributed by atoms with E-state index < -0.39 is 17.2 Å². The molecule has 0 saturated carbocycles. The van der Waals surface area contributed by atoms with E-state index in [2.05, 4.69) is 9.97 Å². The number of hydrogen-bond donors (Lipinski definition) is 2. The molecule has 1 aromatic heterocycles. The highest BCUT2D eigenvalue weighted by Gasteiger charge is 2.22. The van der Waals surface area contributed by atoms with Gasteiger partial charge in [-0.05, 0) is 25.5 Å². The Morgan fingerprint density at radius 1 is 1.39 bits per heavy atom. The highest BCUT2D eigenvalue weighted by atomic mass is 19.1. The van der Waals surface area contributed by atoms with Crippen molar-refractivity contribution in [3.63, 3.8) is 0 Å². The Kier molecular flexibility index (Phi) is 3.17. The summed E-state index contributed by atoms with van der Waals surface area (Å²) in [6, 6.07) is 3.43. The van der Waals surface area contributed by atoms with Crippen molar-refractivity contribution in [3.05, 3.63) is 41.9 Å². The van der Waals surface area contributed by atoms with Crippen LogP contribution < -0.4 is 5.73 Å². The molecule has 1 unspecified atom stereocenters. The van der Waals surface area contributed by atoms with Gasteiger partial charge in [-0.25, -0.2) is 13.8 Å². The van der Waals surface area contributed by atoms with E-state index in [0.717, 1.165) is 6.07 Å². The molecule has 0 amide bonds. The number of imidazole rings is 1. The molecule has 0 saturated heterocycles. The Morgan fingerprint density at radius 2 is 2.11 bits per heavy atom. The second kappa shape index (κ2) is 4.49. The Balaban J connectivity index is 2.41. The van der Waals surface area contributed by atoms with Crippen molar-refractivity contribution in [3.8, 4) is 11.3 Å². The minimum Gasteiger partial charge on any atom is -0.340 e. The van der Waals surface area contributed by atoms with Gasteiger partial charge in [0, 0.05) is 11.6 Å². The summed E-state index contributed by atoms with van der Waals surface area (Å²) in [7, 11) is 0. The molecule has 1 heterocycles. The number of aromatic nitrogens is 2. The Morgan fingerprint density at radius 3 is 2.72 bits per heavy atom. The predicted octanol–water partition coefficient (Wildman–Crippen LogP) is 2.94. The third kappa shape index (κ3) is 2.26. The lowest BCUT2D eigenvalue weighted by atomic mass is 10.00. The number of hydrogen-bond acceptors (Lipinski definition) is 2. The van der Waals surface area contributed by atoms with Crippen LogP contribution >= 0.6 is 0 Å². The Bertz CT molecular complexity index is 561. The number of H-pyrrole nitrogens is 1. The normalized spacial score (nSPS) is 14.5. The molecular weight excluding hydrogens is 236 g/mol. The number of benzene rings is 1. The van der Waals surface area contributed by atoms with Crippen LogP contribution in [0.25, 0.3) is 11.3 Å². The molecule has 0 aliphatic carbocycles. The second-order valence-corrected chi connectivity index (χ2v) is 4.54. The predicted molar refractivity (Wildman–Crippen MR) is 65.8 cm³/mol. The second-order valence-electron chi connectivity index (χ2n) is 4.54. The molecule has 0 aliphatic rings. The highest BCUT2D eigenvalue weighted by Crippen LogP contribution is 2.25. The van der Waals surface area contributed by atoms with Gasteiger partial charge in [0.2, 0.25) is 0 Å². The first kappa shape index (κ1) is 12.7. The topological polar surface area (TPSA) is 54.7 Å². The quantitative estimate of drug-likeness (QED) is 0.881. The van der Waals surface area contributed by atoms with Crippen LogP contribution in [0, 0.1) is 11.6 Å². The summed E-state index contributed by atoms with van der Waals surface area (Å²) in [4.78, 5) is 7.14. The van der Waals surface area contributed by atoms with E-state index in [1.54, 1.807) is 0 Å². The maximum Gasteiger partial charge on any atom is 0.135 e. The standard InChI is InChI=1S/C13H15F2N3/c1-3-13(2,16)12-17-7-11(18-12)9-5-4-8(14)6-10(9)15/h4-7H,3,16H2,1-2H3,(H,17,18). The number of nitrogens with two attached hydrogens (primary N) is 1. The molecule has 2 rings (SSSR count). The van der Waals surface area contributed by atoms with Crippen LogP contribution in [0.2, 0.25) is 0 Å². The molecule has 3 N–H and O–H groups in total. The highest BCUT2D eigenvalue weighted by molar-refractivity contribution is 5.59. The van der Waals surface area contributed by atoms with Crippen molar-refractivity contribution in [2.24, 2.45) is 5.73 Å². The first-order valence-corrected chi connectivity index (χ1v) is 5.74. The minimum absolute atomic E-state index is 0.280. The maximum atomic E-state index is 13.6. The van der Waals surface area contributed by atoms with Gasteiger partial charge in [0.1, 0.15) is 17.5 Å². The molecule has 0 fully saturated rings. The van der Waals surface area contributed by atoms with Crippen LogP contribution in [0.1, 0.15) is 26.1 Å². The molecule has 3 nitrogen and oxygen atoms in total. The average molecular weight is 251 g/mol. The van der Waals surface area contributed by atoms with E-state index in [0.29, 0.717) is 17.9 Å². The zero-order chi connectivity index (χ0) is 13.3. The van der Waals surface area contributed by atoms with Crippen molar-refractivity contribution >= 4 is 0 Å². The molecule has 1 aromatic carbocycles. The molecule has 0 spiro atoms. The first-order valence-electron chi connectivity index (χ1n) is 5.74. The molecule has 0 radical (unpaired) electrons. The zero-order valence-electron chi connectivity index (χ0n) is 10.3. The van der Waals surface area contributed by atoms with Gasteiger partial charge in [0.15, 0.2) is 0 Å². The first-order chi connectivity index (χ1) is 8.44. The molecule has 2 aromatic rings. The summed E-state index contributed by atoms with van der Waals surface area (Å²) in [5.41, 5.74) is 6.23. The summed E-state index contributed by atoms with van der Waals surface area (Å²) in [6.45, 7) is 3.79. The Hall–Kier alpha value is -1.75. The van der Waals surface area contributed by atoms with Crippen molar-refractivity contribution in [1.82, 2.24) is 9.97 Å². The van der Waals surface area contributed by atoms with Crippen LogP contribution in [-0.4, -0.2) is 9.97 Å². The van der Waals surface area contributed by atoms with Gasteiger partial charge in [-0.1, -0.05) is 6.92 Å². The van der Waals surface area contributed by atoms with E-state index in [9.17, 15) is 8.78 Å². The summed E-state index contributed by atoms with van der Waals surface area (Å²) >= 11 is 0. The number of nitrogens with one attached hydrogen (secondary N) is 1. The van der Waals surface area contributed by atoms with Crippen LogP contribution in [0.4, 0.5) is 8.78 Å². The van der Waals surface area contributed by atoms with E-state index in [1.165, 1.54) is 18.3 Å². The summed E-state index contributed by atoms with van der Waals surface area (Å²) in [6.07, 6.45) is 2.21. The SMILES string of the molecule is CCC(C)(N)c1ncc(-c2ccc(F)cc2F)[nH]1. The Labute approximate surface area is 104 Å². The summed E-state index contributed by atoms with van der Waals surface area (Å²) in [5.74, 6) is -0.641. The molecular formula is C13H15F2N3. The van der Waals surface area contributed by atoms with Crippen molar-refractivity contribution in [1.29, 1.82) is 0 Å². The van der Waals surface area contributed by atoms with E-state index in [1.807, 2.05) is 13.8 Å². The monoisotopic (exact) mass is 251 g/mol. The minimum atomic E-state index is -0.625. The fraction of sp³-hybridized carbons (Fsp3) is 0.308. The van der Waals surface area contributed by atoms with Crippen LogP contribution in [0.3, 0.4) is 0 Å². The summed E-state index contributed by atoms with van der Waals surface area (Å²) < 4.78 is 26.4. The summed E-state index contributed by atoms with van der Waals surface area (Å²) in [5, 5.41) is 0. The van der Waals surface area contributed by atoms with E-state index >= 15 is 0 Å². The van der Waals surface area contributed by atoms with Gasteiger partial charge in [-0.2, -0.15) is 0 Å². The van der Waals surface area contributed by atoms with Crippen LogP contribution in [-0.2, 0) is 5.54 Å². The maximum absolute atomic E-state index is 13.6. The molecule has 5 heteroatoms. The molecule has 96 valence electrons. The number of rotatable bonds is 3. The molecule has 0 aliphatic heterocycles. The fourth-order valence-electron chi connectivity index (χ4n) is 1.62. The van der Waals surface area contributed by atoms with Crippen LogP contribution in [0.5, 0.6) is 0 Å². The van der Waals surface area contributed by atoms with Gasteiger partial charge in [0.05, 0.1) is 17.4 Å². The largest absolute Gasteiger partial charge is 0.340 e. The van der Waals surface area contributed by atoms with Crippen LogP contribution in [0.15, 0.2) is 24.4 Å². The number of nitrogens with zero attached hydrogens (tertiary/aromatic N) is 1. The number of aromatic amines is 1. The molecule has 18 heavy (non-hydrogen) atoms. The zero-order valence-corrected chi connectivity index (χ0v) is 10.3. The lowest BCUT2D eigenvalue weighted by Crippen LogP contribution is -2.33. The lowest BCUT2D eigenvalue weighted by Gasteiger charge is -2.19. The van der Waals surface area contributed by atoms with E-state index in [-0.39, 0.29) is 5.56 Å². The smallest absolute Gasteiger partial charge is 0.135 e. The van der Waals surface area contributed by atoms with Crippen molar-refractivity contribution in [2.75, 3.05) is 0 Å². The fourth-order valence-corrected chi connectivity index (χ4v) is 1.62. The van der Waals surface area contributed by atoms with Gasteiger partial charge in [-0.15, -0.1) is 0 Å². The van der Waals surface area contributed by atoms with Gasteiger partial charge in [-0.3, -0.25) is 0 Å². The number of halogens is 2. The van der Waals surface area contributed by atoms with Crippen molar-refractivity contribution in [2.45, 2.75) is 25.8 Å². The van der Waals surface area contributed by atoms with E-state index in [4.69, 9.17) is 5.73 Å². The lowest BCUT2D eigenvalue weighted by molar-refractivity contribution is 0.450. The van der Waals surface area contributed by atoms with Gasteiger partial charge < -0.3 is 10.7 Å². The third-order valence-electron chi connectivity index (χ3n) is 3.07. The van der Waals surface area contributed by atoms with Gasteiger partial charge >= 0.3 is 0 Å². The van der Waals surface area contributed by atoms with Gasteiger partial charge in [0.25, 0.3) is 0 Å². The average Bonchev–Trinajstić information content (AvgIpc) is 2.79. The molecule has 1 atom stereocenters. The molecule has 0 bridgehead atoms. The van der Waals surface area contributed by atoms with Crippen molar-refractivity contribution < 1.29 is 8.78 Å².